The minimum atomic E-state index is -0.418. The van der Waals surface area contributed by atoms with Crippen LogP contribution >= 0.6 is 0 Å². The van der Waals surface area contributed by atoms with Crippen LogP contribution < -0.4 is 10.6 Å². The van der Waals surface area contributed by atoms with Gasteiger partial charge in [0.05, 0.1) is 12.1 Å². The first-order chi connectivity index (χ1) is 8.58. The molecule has 0 bridgehead atoms. The summed E-state index contributed by atoms with van der Waals surface area (Å²) in [6.45, 7) is 4.68. The van der Waals surface area contributed by atoms with Crippen molar-refractivity contribution >= 4 is 11.7 Å². The molecule has 0 aliphatic carbocycles. The number of hydrogen-bond acceptors (Lipinski definition) is 4. The van der Waals surface area contributed by atoms with Crippen LogP contribution in [0.25, 0.3) is 0 Å². The zero-order valence-corrected chi connectivity index (χ0v) is 10.8. The number of nitrogens with two attached hydrogens (primary N) is 1. The molecule has 0 unspecified atom stereocenters. The third-order valence-corrected chi connectivity index (χ3v) is 2.56. The van der Waals surface area contributed by atoms with Crippen LogP contribution in [-0.4, -0.2) is 24.0 Å². The van der Waals surface area contributed by atoms with E-state index in [2.05, 4.69) is 18.0 Å². The smallest absolute Gasteiger partial charge is 0.236 e. The molecule has 0 fully saturated rings. The van der Waals surface area contributed by atoms with Crippen molar-refractivity contribution in [2.75, 3.05) is 18.0 Å². The summed E-state index contributed by atoms with van der Waals surface area (Å²) < 4.78 is 0. The van der Waals surface area contributed by atoms with E-state index in [0.717, 1.165) is 18.5 Å². The van der Waals surface area contributed by atoms with Gasteiger partial charge in [0.25, 0.3) is 0 Å². The normalized spacial score (nSPS) is 9.83. The monoisotopic (exact) mass is 246 g/mol. The van der Waals surface area contributed by atoms with Gasteiger partial charge in [-0.1, -0.05) is 13.3 Å². The molecule has 96 valence electrons. The Hall–Kier alpha value is -2.09. The highest BCUT2D eigenvalue weighted by Crippen LogP contribution is 2.18. The van der Waals surface area contributed by atoms with E-state index in [-0.39, 0.29) is 6.54 Å². The van der Waals surface area contributed by atoms with Crippen molar-refractivity contribution < 1.29 is 4.79 Å². The van der Waals surface area contributed by atoms with Crippen LogP contribution in [0.4, 0.5) is 5.82 Å². The van der Waals surface area contributed by atoms with E-state index in [1.165, 1.54) is 0 Å². The number of nitriles is 1. The summed E-state index contributed by atoms with van der Waals surface area (Å²) in [5.74, 6) is 0.128. The summed E-state index contributed by atoms with van der Waals surface area (Å²) in [6.07, 6.45) is 1.93. The van der Waals surface area contributed by atoms with Gasteiger partial charge in [0.15, 0.2) is 0 Å². The third kappa shape index (κ3) is 3.74. The Morgan fingerprint density at radius 1 is 1.56 bits per heavy atom. The SMILES string of the molecule is CCCCN(CC(N)=O)c1nc(C)ccc1C#N. The van der Waals surface area contributed by atoms with Crippen LogP contribution in [0.3, 0.4) is 0 Å². The lowest BCUT2D eigenvalue weighted by Crippen LogP contribution is -2.35. The van der Waals surface area contributed by atoms with Gasteiger partial charge in [0, 0.05) is 12.2 Å². The molecule has 0 aliphatic heterocycles. The topological polar surface area (TPSA) is 83.0 Å². The largest absolute Gasteiger partial charge is 0.368 e. The first-order valence-corrected chi connectivity index (χ1v) is 5.99. The van der Waals surface area contributed by atoms with Crippen molar-refractivity contribution in [1.82, 2.24) is 4.98 Å². The molecule has 0 radical (unpaired) electrons. The highest BCUT2D eigenvalue weighted by molar-refractivity contribution is 5.79. The van der Waals surface area contributed by atoms with Gasteiger partial charge in [-0.2, -0.15) is 5.26 Å². The highest BCUT2D eigenvalue weighted by Gasteiger charge is 2.14. The summed E-state index contributed by atoms with van der Waals surface area (Å²) in [5.41, 5.74) is 6.53. The number of carbonyl (C=O) groups excluding carboxylic acids is 1. The maximum atomic E-state index is 11.1. The molecule has 0 spiro atoms. The molecule has 2 N–H and O–H groups in total. The number of unbranched alkanes of at least 4 members (excludes halogenated alkanes) is 1. The van der Waals surface area contributed by atoms with Gasteiger partial charge >= 0.3 is 0 Å². The van der Waals surface area contributed by atoms with Crippen LogP contribution in [0, 0.1) is 18.3 Å². The van der Waals surface area contributed by atoms with Gasteiger partial charge in [-0.3, -0.25) is 4.79 Å². The average molecular weight is 246 g/mol. The molecule has 5 nitrogen and oxygen atoms in total. The number of anilines is 1. The minimum Gasteiger partial charge on any atom is -0.368 e. The van der Waals surface area contributed by atoms with Crippen molar-refractivity contribution in [3.05, 3.63) is 23.4 Å². The molecule has 1 aromatic heterocycles. The van der Waals surface area contributed by atoms with Crippen LogP contribution in [0.15, 0.2) is 12.1 Å². The summed E-state index contributed by atoms with van der Waals surface area (Å²) in [6, 6.07) is 5.60. The Morgan fingerprint density at radius 3 is 2.83 bits per heavy atom. The van der Waals surface area contributed by atoms with Crippen LogP contribution in [0.5, 0.6) is 0 Å². The molecular weight excluding hydrogens is 228 g/mol. The molecule has 0 aromatic carbocycles. The molecule has 1 rings (SSSR count). The van der Waals surface area contributed by atoms with Gasteiger partial charge in [-0.05, 0) is 25.5 Å². The molecule has 0 saturated carbocycles. The highest BCUT2D eigenvalue weighted by atomic mass is 16.1. The Labute approximate surface area is 107 Å². The van der Waals surface area contributed by atoms with Gasteiger partial charge in [-0.25, -0.2) is 4.98 Å². The van der Waals surface area contributed by atoms with Crippen LogP contribution in [0.1, 0.15) is 31.0 Å². The Bertz CT molecular complexity index is 465. The average Bonchev–Trinajstić information content (AvgIpc) is 2.34. The fourth-order valence-corrected chi connectivity index (χ4v) is 1.67. The second-order valence-corrected chi connectivity index (χ2v) is 4.18. The van der Waals surface area contributed by atoms with Crippen molar-refractivity contribution in [3.8, 4) is 6.07 Å². The van der Waals surface area contributed by atoms with E-state index >= 15 is 0 Å². The van der Waals surface area contributed by atoms with Gasteiger partial charge < -0.3 is 10.6 Å². The number of rotatable bonds is 6. The van der Waals surface area contributed by atoms with E-state index in [1.54, 1.807) is 17.0 Å². The van der Waals surface area contributed by atoms with Gasteiger partial charge in [0.1, 0.15) is 11.9 Å². The predicted molar refractivity (Wildman–Crippen MR) is 70.0 cm³/mol. The van der Waals surface area contributed by atoms with Crippen molar-refractivity contribution in [2.45, 2.75) is 26.7 Å². The summed E-state index contributed by atoms with van der Waals surface area (Å²) in [4.78, 5) is 17.2. The minimum absolute atomic E-state index is 0.0884. The number of aryl methyl sites for hydroxylation is 1. The Kier molecular flexibility index (Phi) is 5.12. The second kappa shape index (κ2) is 6.60. The number of pyridine rings is 1. The molecule has 0 aliphatic rings. The lowest BCUT2D eigenvalue weighted by Gasteiger charge is -2.23. The standard InChI is InChI=1S/C13H18N4O/c1-3-4-7-17(9-12(15)18)13-11(8-14)6-5-10(2)16-13/h5-6H,3-4,7,9H2,1-2H3,(H2,15,18). The Morgan fingerprint density at radius 2 is 2.28 bits per heavy atom. The van der Waals surface area contributed by atoms with Crippen molar-refractivity contribution in [2.24, 2.45) is 5.73 Å². The molecule has 18 heavy (non-hydrogen) atoms. The van der Waals surface area contributed by atoms with E-state index in [4.69, 9.17) is 11.0 Å². The van der Waals surface area contributed by atoms with E-state index in [0.29, 0.717) is 17.9 Å². The molecule has 1 heterocycles. The van der Waals surface area contributed by atoms with Crippen molar-refractivity contribution in [1.29, 1.82) is 5.26 Å². The van der Waals surface area contributed by atoms with Crippen LogP contribution in [0.2, 0.25) is 0 Å². The lowest BCUT2D eigenvalue weighted by molar-refractivity contribution is -0.116. The maximum absolute atomic E-state index is 11.1. The zero-order valence-electron chi connectivity index (χ0n) is 10.8. The third-order valence-electron chi connectivity index (χ3n) is 2.56. The quantitative estimate of drug-likeness (QED) is 0.821. The number of primary amides is 1. The fraction of sp³-hybridized carbons (Fsp3) is 0.462. The number of aromatic nitrogens is 1. The van der Waals surface area contributed by atoms with E-state index in [9.17, 15) is 4.79 Å². The molecular formula is C13H18N4O. The van der Waals surface area contributed by atoms with Gasteiger partial charge in [-0.15, -0.1) is 0 Å². The van der Waals surface area contributed by atoms with Gasteiger partial charge in [0.2, 0.25) is 5.91 Å². The molecule has 1 aromatic rings. The number of carbonyl (C=O) groups is 1. The molecule has 0 saturated heterocycles. The number of hydrogen-bond donors (Lipinski definition) is 1. The number of amides is 1. The van der Waals surface area contributed by atoms with E-state index < -0.39 is 5.91 Å². The molecule has 0 atom stereocenters. The lowest BCUT2D eigenvalue weighted by atomic mass is 10.2. The molecule has 5 heteroatoms. The first-order valence-electron chi connectivity index (χ1n) is 5.99. The number of nitrogens with zero attached hydrogens (tertiary/aromatic N) is 3. The predicted octanol–water partition coefficient (Wildman–Crippen LogP) is 1.35. The maximum Gasteiger partial charge on any atom is 0.236 e. The van der Waals surface area contributed by atoms with E-state index in [1.807, 2.05) is 6.92 Å². The fourth-order valence-electron chi connectivity index (χ4n) is 1.67. The summed E-state index contributed by atoms with van der Waals surface area (Å²) in [5, 5.41) is 9.08. The van der Waals surface area contributed by atoms with Crippen molar-refractivity contribution in [3.63, 3.8) is 0 Å². The summed E-state index contributed by atoms with van der Waals surface area (Å²) >= 11 is 0. The summed E-state index contributed by atoms with van der Waals surface area (Å²) in [7, 11) is 0. The first kappa shape index (κ1) is 14.0. The Balaban J connectivity index is 3.06. The van der Waals surface area contributed by atoms with Crippen LogP contribution in [-0.2, 0) is 4.79 Å². The zero-order chi connectivity index (χ0) is 13.5. The second-order valence-electron chi connectivity index (χ2n) is 4.18. The molecule has 1 amide bonds.